The summed E-state index contributed by atoms with van der Waals surface area (Å²) in [6.45, 7) is 11.1. The van der Waals surface area contributed by atoms with Gasteiger partial charge in [-0.3, -0.25) is 0 Å². The highest BCUT2D eigenvalue weighted by molar-refractivity contribution is 5.85. The van der Waals surface area contributed by atoms with Crippen LogP contribution in [0.5, 0.6) is 0 Å². The molecule has 4 aromatic carbocycles. The zero-order chi connectivity index (χ0) is 40.7. The molecular weight excluding hydrogens is 776 g/mol. The van der Waals surface area contributed by atoms with Crippen LogP contribution in [0.3, 0.4) is 0 Å². The number of nitrogens with one attached hydrogen (secondary N) is 1. The van der Waals surface area contributed by atoms with Gasteiger partial charge in [-0.2, -0.15) is 0 Å². The topological polar surface area (TPSA) is 101 Å². The Morgan fingerprint density at radius 3 is 1.30 bits per heavy atom. The van der Waals surface area contributed by atoms with Gasteiger partial charge in [0, 0.05) is 75.0 Å². The summed E-state index contributed by atoms with van der Waals surface area (Å²) in [7, 11) is 0. The molecule has 4 fully saturated rings. The number of hydrogen-bond donors (Lipinski definition) is 1. The minimum absolute atomic E-state index is 0. The third-order valence-corrected chi connectivity index (χ3v) is 12.5. The number of carbonyl (C=O) groups excluding carboxylic acids is 3. The Kier molecular flexibility index (Phi) is 12.2. The van der Waals surface area contributed by atoms with Crippen molar-refractivity contribution in [1.82, 2.24) is 20.0 Å². The molecule has 10 nitrogen and oxygen atoms in total. The molecule has 4 aromatic rings. The molecule has 0 bridgehead atoms. The molecular formula is C49H57ClN4O6. The molecule has 0 spiro atoms. The van der Waals surface area contributed by atoms with Crippen molar-refractivity contribution < 1.29 is 28.6 Å². The molecule has 3 amide bonds. The molecule has 11 heteroatoms. The van der Waals surface area contributed by atoms with E-state index in [1.165, 1.54) is 44.5 Å². The molecule has 6 aliphatic rings. The summed E-state index contributed by atoms with van der Waals surface area (Å²) in [4.78, 5) is 43.6. The summed E-state index contributed by atoms with van der Waals surface area (Å²) >= 11 is 0. The standard InChI is InChI=1S/C27H32N2O4.C22H24N2O2.ClH/c1-27(2,3)33-25(30)28-14-18(15-28)16-29(19-12-13-19)26(31)32-17-24-22-10-6-4-8-20(22)21-9-5-7-11-23(21)24;25-22(24(16-9-10-16)13-15-11-23-12-15)26-14-21-19-7-3-1-5-17(19)18-6-2-4-8-20(18)21;/h4-11,18-19,24H,12-17H2,1-3H3;1-8,15-16,21,23H,9-14H2;1H. The maximum Gasteiger partial charge on any atom is 0.410 e. The summed E-state index contributed by atoms with van der Waals surface area (Å²) < 4.78 is 17.2. The Hall–Kier alpha value is -5.06. The maximum absolute atomic E-state index is 13.1. The van der Waals surface area contributed by atoms with Gasteiger partial charge in [-0.05, 0) is 91.0 Å². The van der Waals surface area contributed by atoms with Gasteiger partial charge in [0.1, 0.15) is 18.8 Å². The van der Waals surface area contributed by atoms with Crippen LogP contribution in [0.2, 0.25) is 0 Å². The molecule has 316 valence electrons. The fourth-order valence-corrected chi connectivity index (χ4v) is 9.07. The van der Waals surface area contributed by atoms with Gasteiger partial charge in [-0.15, -0.1) is 12.4 Å². The Morgan fingerprint density at radius 2 is 0.967 bits per heavy atom. The van der Waals surface area contributed by atoms with Crippen LogP contribution in [0, 0.1) is 11.8 Å². The monoisotopic (exact) mass is 832 g/mol. The first-order valence-electron chi connectivity index (χ1n) is 21.5. The highest BCUT2D eigenvalue weighted by atomic mass is 35.5. The third-order valence-electron chi connectivity index (χ3n) is 12.5. The SMILES string of the molecule is CC(C)(C)OC(=O)N1CC(CN(C(=O)OCC2c3ccccc3-c3ccccc32)C2CC2)C1.Cl.O=C(OCC1c2ccccc2-c2ccccc21)N(CC1CNC1)C1CC1. The van der Waals surface area contributed by atoms with Gasteiger partial charge >= 0.3 is 18.3 Å². The Morgan fingerprint density at radius 1 is 0.600 bits per heavy atom. The van der Waals surface area contributed by atoms with Crippen molar-refractivity contribution in [2.45, 2.75) is 76.0 Å². The van der Waals surface area contributed by atoms with E-state index in [-0.39, 0.29) is 54.5 Å². The van der Waals surface area contributed by atoms with Crippen molar-refractivity contribution in [3.8, 4) is 22.3 Å². The molecule has 2 saturated heterocycles. The van der Waals surface area contributed by atoms with Gasteiger partial charge in [0.2, 0.25) is 0 Å². The smallest absolute Gasteiger partial charge is 0.410 e. The molecule has 0 atom stereocenters. The van der Waals surface area contributed by atoms with Gasteiger partial charge in [-0.1, -0.05) is 97.1 Å². The fraction of sp³-hybridized carbons (Fsp3) is 0.449. The first-order chi connectivity index (χ1) is 28.6. The number of ether oxygens (including phenoxy) is 3. The van der Waals surface area contributed by atoms with Crippen molar-refractivity contribution in [2.75, 3.05) is 52.5 Å². The average molecular weight is 833 g/mol. The molecule has 4 aliphatic carbocycles. The number of halogens is 1. The minimum atomic E-state index is -0.497. The van der Waals surface area contributed by atoms with E-state index in [9.17, 15) is 14.4 Å². The highest BCUT2D eigenvalue weighted by Gasteiger charge is 2.41. The van der Waals surface area contributed by atoms with Crippen LogP contribution in [0.1, 0.15) is 80.5 Å². The minimum Gasteiger partial charge on any atom is -0.448 e. The molecule has 2 saturated carbocycles. The molecule has 0 radical (unpaired) electrons. The van der Waals surface area contributed by atoms with E-state index in [0.717, 1.165) is 45.3 Å². The molecule has 0 unspecified atom stereocenters. The summed E-state index contributed by atoms with van der Waals surface area (Å²) in [6.07, 6.45) is 3.61. The maximum atomic E-state index is 13.1. The molecule has 0 aromatic heterocycles. The zero-order valence-corrected chi connectivity index (χ0v) is 35.7. The second-order valence-corrected chi connectivity index (χ2v) is 18.2. The van der Waals surface area contributed by atoms with E-state index < -0.39 is 5.60 Å². The lowest BCUT2D eigenvalue weighted by atomic mass is 9.98. The number of rotatable bonds is 10. The molecule has 10 rings (SSSR count). The van der Waals surface area contributed by atoms with E-state index in [1.54, 1.807) is 4.90 Å². The third kappa shape index (κ3) is 9.00. The average Bonchev–Trinajstić information content (AvgIpc) is 4.14. The van der Waals surface area contributed by atoms with Gasteiger partial charge < -0.3 is 34.2 Å². The van der Waals surface area contributed by atoms with Crippen molar-refractivity contribution in [1.29, 1.82) is 0 Å². The molecule has 60 heavy (non-hydrogen) atoms. The van der Waals surface area contributed by atoms with Gasteiger partial charge in [0.15, 0.2) is 0 Å². The molecule has 2 heterocycles. The lowest BCUT2D eigenvalue weighted by molar-refractivity contribution is -0.00680. The van der Waals surface area contributed by atoms with Crippen molar-refractivity contribution >= 4 is 30.7 Å². The van der Waals surface area contributed by atoms with E-state index in [1.807, 2.05) is 42.7 Å². The number of benzene rings is 4. The Balaban J connectivity index is 0.000000168. The van der Waals surface area contributed by atoms with E-state index in [0.29, 0.717) is 44.8 Å². The number of nitrogens with zero attached hydrogens (tertiary/aromatic N) is 3. The first-order valence-corrected chi connectivity index (χ1v) is 21.5. The quantitative estimate of drug-likeness (QED) is 0.159. The number of hydrogen-bond acceptors (Lipinski definition) is 7. The van der Waals surface area contributed by atoms with Crippen LogP contribution >= 0.6 is 12.4 Å². The van der Waals surface area contributed by atoms with Crippen LogP contribution < -0.4 is 5.32 Å². The summed E-state index contributed by atoms with van der Waals surface area (Å²) in [5.74, 6) is 1.04. The van der Waals surface area contributed by atoms with Crippen LogP contribution in [0.15, 0.2) is 97.1 Å². The second kappa shape index (κ2) is 17.5. The summed E-state index contributed by atoms with van der Waals surface area (Å²) in [6, 6.07) is 34.3. The Labute approximate surface area is 360 Å². The summed E-state index contributed by atoms with van der Waals surface area (Å²) in [5.41, 5.74) is 9.46. The van der Waals surface area contributed by atoms with Crippen LogP contribution in [-0.2, 0) is 14.2 Å². The first kappa shape index (κ1) is 41.7. The van der Waals surface area contributed by atoms with Crippen LogP contribution in [0.4, 0.5) is 14.4 Å². The zero-order valence-electron chi connectivity index (χ0n) is 34.9. The van der Waals surface area contributed by atoms with Gasteiger partial charge in [-0.25, -0.2) is 14.4 Å². The normalized spacial score (nSPS) is 17.9. The number of amides is 3. The molecule has 2 aliphatic heterocycles. The van der Waals surface area contributed by atoms with Crippen molar-refractivity contribution in [2.24, 2.45) is 11.8 Å². The van der Waals surface area contributed by atoms with E-state index in [4.69, 9.17) is 14.2 Å². The lowest BCUT2D eigenvalue weighted by Crippen LogP contribution is -2.55. The van der Waals surface area contributed by atoms with Gasteiger partial charge in [0.05, 0.1) is 0 Å². The highest BCUT2D eigenvalue weighted by Crippen LogP contribution is 2.46. The predicted molar refractivity (Wildman–Crippen MR) is 234 cm³/mol. The van der Waals surface area contributed by atoms with E-state index >= 15 is 0 Å². The van der Waals surface area contributed by atoms with Crippen LogP contribution in [0.25, 0.3) is 22.3 Å². The number of likely N-dealkylation sites (tertiary alicyclic amines) is 1. The Bertz CT molecular complexity index is 2100. The fourth-order valence-electron chi connectivity index (χ4n) is 9.07. The molecule has 1 N–H and O–H groups in total. The predicted octanol–water partition coefficient (Wildman–Crippen LogP) is 9.31. The van der Waals surface area contributed by atoms with Crippen LogP contribution in [-0.4, -0.2) is 103 Å². The second-order valence-electron chi connectivity index (χ2n) is 18.2. The van der Waals surface area contributed by atoms with E-state index in [2.05, 4.69) is 90.2 Å². The number of carbonyl (C=O) groups is 3. The summed E-state index contributed by atoms with van der Waals surface area (Å²) in [5, 5.41) is 3.28. The van der Waals surface area contributed by atoms with Crippen molar-refractivity contribution in [3.05, 3.63) is 119 Å². The van der Waals surface area contributed by atoms with Gasteiger partial charge in [0.25, 0.3) is 0 Å². The largest absolute Gasteiger partial charge is 0.448 e. The van der Waals surface area contributed by atoms with Crippen molar-refractivity contribution in [3.63, 3.8) is 0 Å². The lowest BCUT2D eigenvalue weighted by Gasteiger charge is -2.41. The number of fused-ring (bicyclic) bond motifs is 6.